The number of nitrogens with one attached hydrogen (secondary N) is 1. The lowest BCUT2D eigenvalue weighted by molar-refractivity contribution is 0.185. The minimum atomic E-state index is -3.68. The molecular weight excluding hydrogens is 276 g/mol. The monoisotopic (exact) mass is 298 g/mol. The molecule has 0 atom stereocenters. The molecule has 1 aromatic rings. The summed E-state index contributed by atoms with van der Waals surface area (Å²) in [6, 6.07) is 3.37. The lowest BCUT2D eigenvalue weighted by atomic mass is 10.0. The first kappa shape index (κ1) is 15.3. The number of sulfonamides is 1. The summed E-state index contributed by atoms with van der Waals surface area (Å²) in [7, 11) is -3.68. The third-order valence-electron chi connectivity index (χ3n) is 4.05. The molecule has 0 amide bonds. The normalized spacial score (nSPS) is 18.4. The van der Waals surface area contributed by atoms with Crippen molar-refractivity contribution in [3.63, 3.8) is 0 Å². The lowest BCUT2D eigenvalue weighted by Crippen LogP contribution is -2.49. The Balaban J connectivity index is 2.41. The molecule has 1 aliphatic carbocycles. The van der Waals surface area contributed by atoms with Crippen molar-refractivity contribution < 1.29 is 13.5 Å². The molecule has 1 saturated carbocycles. The first-order valence-electron chi connectivity index (χ1n) is 6.81. The number of nitrogen functional groups attached to an aromatic ring is 1. The van der Waals surface area contributed by atoms with Gasteiger partial charge in [-0.25, -0.2) is 13.1 Å². The predicted molar refractivity (Wildman–Crippen MR) is 78.9 cm³/mol. The van der Waals surface area contributed by atoms with Crippen LogP contribution >= 0.6 is 0 Å². The highest BCUT2D eigenvalue weighted by Gasteiger charge is 2.38. The van der Waals surface area contributed by atoms with Crippen molar-refractivity contribution >= 4 is 15.7 Å². The van der Waals surface area contributed by atoms with E-state index in [1.165, 1.54) is 0 Å². The van der Waals surface area contributed by atoms with Gasteiger partial charge in [-0.15, -0.1) is 0 Å². The number of aliphatic hydroxyl groups is 1. The molecule has 6 heteroatoms. The fourth-order valence-electron chi connectivity index (χ4n) is 2.82. The fourth-order valence-corrected chi connectivity index (χ4v) is 4.63. The van der Waals surface area contributed by atoms with Gasteiger partial charge in [0.2, 0.25) is 10.0 Å². The van der Waals surface area contributed by atoms with E-state index in [2.05, 4.69) is 4.72 Å². The van der Waals surface area contributed by atoms with E-state index in [-0.39, 0.29) is 11.5 Å². The van der Waals surface area contributed by atoms with Gasteiger partial charge in [-0.2, -0.15) is 0 Å². The highest BCUT2D eigenvalue weighted by Crippen LogP contribution is 2.32. The van der Waals surface area contributed by atoms with Gasteiger partial charge in [-0.3, -0.25) is 0 Å². The van der Waals surface area contributed by atoms with Gasteiger partial charge in [-0.05, 0) is 49.9 Å². The molecule has 2 rings (SSSR count). The van der Waals surface area contributed by atoms with E-state index < -0.39 is 15.6 Å². The van der Waals surface area contributed by atoms with Gasteiger partial charge in [0, 0.05) is 5.69 Å². The highest BCUT2D eigenvalue weighted by atomic mass is 32.2. The Labute approximate surface area is 120 Å². The van der Waals surface area contributed by atoms with Crippen LogP contribution in [-0.2, 0) is 10.0 Å². The molecule has 20 heavy (non-hydrogen) atoms. The van der Waals surface area contributed by atoms with Crippen LogP contribution in [0.3, 0.4) is 0 Å². The van der Waals surface area contributed by atoms with Crippen LogP contribution in [0.5, 0.6) is 0 Å². The van der Waals surface area contributed by atoms with E-state index in [9.17, 15) is 13.5 Å². The number of hydrogen-bond acceptors (Lipinski definition) is 4. The van der Waals surface area contributed by atoms with Crippen LogP contribution in [0.4, 0.5) is 5.69 Å². The van der Waals surface area contributed by atoms with Crippen LogP contribution in [0.15, 0.2) is 17.0 Å². The van der Waals surface area contributed by atoms with E-state index in [0.29, 0.717) is 24.1 Å². The van der Waals surface area contributed by atoms with Crippen molar-refractivity contribution in [1.29, 1.82) is 0 Å². The van der Waals surface area contributed by atoms with Crippen LogP contribution in [-0.4, -0.2) is 25.7 Å². The quantitative estimate of drug-likeness (QED) is 0.734. The van der Waals surface area contributed by atoms with Crippen LogP contribution in [0.25, 0.3) is 0 Å². The van der Waals surface area contributed by atoms with Crippen LogP contribution < -0.4 is 10.5 Å². The van der Waals surface area contributed by atoms with Gasteiger partial charge in [0.25, 0.3) is 0 Å². The summed E-state index contributed by atoms with van der Waals surface area (Å²) in [4.78, 5) is 0.203. The van der Waals surface area contributed by atoms with Crippen molar-refractivity contribution in [1.82, 2.24) is 4.72 Å². The second-order valence-corrected chi connectivity index (χ2v) is 7.38. The average Bonchev–Trinajstić information content (AvgIpc) is 2.82. The second-order valence-electron chi connectivity index (χ2n) is 5.73. The van der Waals surface area contributed by atoms with Crippen LogP contribution in [0.2, 0.25) is 0 Å². The molecule has 0 bridgehead atoms. The molecule has 0 aromatic heterocycles. The molecule has 0 unspecified atom stereocenters. The number of nitrogens with two attached hydrogens (primary N) is 1. The predicted octanol–water partition coefficient (Wildman–Crippen LogP) is 1.47. The Bertz CT molecular complexity index is 605. The fraction of sp³-hybridized carbons (Fsp3) is 0.571. The number of rotatable bonds is 4. The minimum Gasteiger partial charge on any atom is -0.398 e. The molecule has 5 nitrogen and oxygen atoms in total. The first-order valence-corrected chi connectivity index (χ1v) is 8.30. The maximum atomic E-state index is 12.6. The van der Waals surface area contributed by atoms with Crippen molar-refractivity contribution in [2.24, 2.45) is 0 Å². The second kappa shape index (κ2) is 5.35. The van der Waals surface area contributed by atoms with Gasteiger partial charge in [0.1, 0.15) is 0 Å². The summed E-state index contributed by atoms with van der Waals surface area (Å²) in [5.41, 5.74) is 6.95. The Morgan fingerprint density at radius 2 is 1.90 bits per heavy atom. The smallest absolute Gasteiger partial charge is 0.241 e. The van der Waals surface area contributed by atoms with Crippen molar-refractivity contribution in [3.8, 4) is 0 Å². The summed E-state index contributed by atoms with van der Waals surface area (Å²) in [5, 5.41) is 9.55. The molecule has 112 valence electrons. The number of anilines is 1. The minimum absolute atomic E-state index is 0.174. The number of hydrogen-bond donors (Lipinski definition) is 3. The first-order chi connectivity index (χ1) is 9.30. The van der Waals surface area contributed by atoms with Gasteiger partial charge in [0.15, 0.2) is 0 Å². The maximum Gasteiger partial charge on any atom is 0.241 e. The van der Waals surface area contributed by atoms with Gasteiger partial charge in [-0.1, -0.05) is 12.8 Å². The number of benzene rings is 1. The molecule has 1 aromatic carbocycles. The molecule has 0 radical (unpaired) electrons. The highest BCUT2D eigenvalue weighted by molar-refractivity contribution is 7.89. The zero-order valence-corrected chi connectivity index (χ0v) is 12.8. The molecular formula is C14H22N2O3S. The van der Waals surface area contributed by atoms with Crippen molar-refractivity contribution in [3.05, 3.63) is 23.3 Å². The topological polar surface area (TPSA) is 92.4 Å². The molecule has 0 spiro atoms. The largest absolute Gasteiger partial charge is 0.398 e. The molecule has 1 aliphatic rings. The SMILES string of the molecule is Cc1cc(N)c(C)c(S(=O)(=O)NC2(CO)CCCC2)c1. The van der Waals surface area contributed by atoms with E-state index in [4.69, 9.17) is 5.73 Å². The third kappa shape index (κ3) is 2.82. The molecule has 0 aliphatic heterocycles. The van der Waals surface area contributed by atoms with Gasteiger partial charge in [0.05, 0.1) is 17.0 Å². The average molecular weight is 298 g/mol. The standard InChI is InChI=1S/C14H22N2O3S/c1-10-7-12(15)11(2)13(8-10)20(18,19)16-14(9-17)5-3-4-6-14/h7-8,16-17H,3-6,9,15H2,1-2H3. The Kier molecular flexibility index (Phi) is 4.09. The summed E-state index contributed by atoms with van der Waals surface area (Å²) < 4.78 is 27.9. The number of aliphatic hydroxyl groups excluding tert-OH is 1. The van der Waals surface area contributed by atoms with E-state index in [1.54, 1.807) is 19.1 Å². The summed E-state index contributed by atoms with van der Waals surface area (Å²) >= 11 is 0. The van der Waals surface area contributed by atoms with Crippen LogP contribution in [0, 0.1) is 13.8 Å². The molecule has 0 heterocycles. The number of aryl methyl sites for hydroxylation is 1. The van der Waals surface area contributed by atoms with Crippen molar-refractivity contribution in [2.75, 3.05) is 12.3 Å². The Morgan fingerprint density at radius 3 is 2.45 bits per heavy atom. The summed E-state index contributed by atoms with van der Waals surface area (Å²) in [6.07, 6.45) is 3.20. The third-order valence-corrected chi connectivity index (χ3v) is 5.75. The summed E-state index contributed by atoms with van der Waals surface area (Å²) in [5.74, 6) is 0. The zero-order chi connectivity index (χ0) is 15.0. The van der Waals surface area contributed by atoms with Gasteiger partial charge >= 0.3 is 0 Å². The van der Waals surface area contributed by atoms with E-state index in [1.807, 2.05) is 6.92 Å². The Hall–Kier alpha value is -1.11. The van der Waals surface area contributed by atoms with E-state index >= 15 is 0 Å². The molecule has 1 fully saturated rings. The van der Waals surface area contributed by atoms with Gasteiger partial charge < -0.3 is 10.8 Å². The zero-order valence-electron chi connectivity index (χ0n) is 11.9. The van der Waals surface area contributed by atoms with Crippen LogP contribution in [0.1, 0.15) is 36.8 Å². The summed E-state index contributed by atoms with van der Waals surface area (Å²) in [6.45, 7) is 3.34. The Morgan fingerprint density at radius 1 is 1.30 bits per heavy atom. The maximum absolute atomic E-state index is 12.6. The van der Waals surface area contributed by atoms with Crippen molar-refractivity contribution in [2.45, 2.75) is 50.0 Å². The molecule has 4 N–H and O–H groups in total. The molecule has 0 saturated heterocycles. The van der Waals surface area contributed by atoms with E-state index in [0.717, 1.165) is 18.4 Å². The lowest BCUT2D eigenvalue weighted by Gasteiger charge is -2.28.